The van der Waals surface area contributed by atoms with Gasteiger partial charge < -0.3 is 10.8 Å². The molecule has 1 atom stereocenters. The van der Waals surface area contributed by atoms with Crippen molar-refractivity contribution in [1.29, 1.82) is 0 Å². The van der Waals surface area contributed by atoms with Crippen LogP contribution in [0.15, 0.2) is 0 Å². The molecule has 0 aromatic heterocycles. The van der Waals surface area contributed by atoms with Gasteiger partial charge in [-0.3, -0.25) is 4.79 Å². The SMILES string of the molecule is CC(N)(CCCCSCCS(C)(=O)=O)C(=O)O. The Balaban J connectivity index is 3.51. The van der Waals surface area contributed by atoms with Crippen LogP contribution in [0.25, 0.3) is 0 Å². The van der Waals surface area contributed by atoms with Gasteiger partial charge in [0.05, 0.1) is 5.75 Å². The molecule has 0 radical (unpaired) electrons. The molecule has 1 unspecified atom stereocenters. The van der Waals surface area contributed by atoms with Crippen molar-refractivity contribution in [3.05, 3.63) is 0 Å². The van der Waals surface area contributed by atoms with E-state index >= 15 is 0 Å². The maximum absolute atomic E-state index is 10.8. The highest BCUT2D eigenvalue weighted by atomic mass is 32.2. The Kier molecular flexibility index (Phi) is 7.11. The van der Waals surface area contributed by atoms with Crippen LogP contribution in [0, 0.1) is 0 Å². The molecule has 3 N–H and O–H groups in total. The maximum atomic E-state index is 10.8. The minimum atomic E-state index is -2.87. The number of hydrogen-bond donors (Lipinski definition) is 2. The number of hydrogen-bond acceptors (Lipinski definition) is 5. The van der Waals surface area contributed by atoms with E-state index < -0.39 is 21.3 Å². The van der Waals surface area contributed by atoms with E-state index in [0.29, 0.717) is 12.2 Å². The highest BCUT2D eigenvalue weighted by Gasteiger charge is 2.26. The molecule has 0 aliphatic carbocycles. The second-order valence-electron chi connectivity index (χ2n) is 4.42. The summed E-state index contributed by atoms with van der Waals surface area (Å²) in [6, 6.07) is 0. The molecule has 0 bridgehead atoms. The summed E-state index contributed by atoms with van der Waals surface area (Å²) in [7, 11) is -2.87. The Labute approximate surface area is 107 Å². The first-order chi connectivity index (χ1) is 7.65. The number of rotatable bonds is 9. The van der Waals surface area contributed by atoms with E-state index in [9.17, 15) is 13.2 Å². The van der Waals surface area contributed by atoms with Crippen LogP contribution in [0.4, 0.5) is 0 Å². The lowest BCUT2D eigenvalue weighted by atomic mass is 9.97. The molecule has 0 rings (SSSR count). The Morgan fingerprint density at radius 1 is 1.35 bits per heavy atom. The minimum absolute atomic E-state index is 0.196. The highest BCUT2D eigenvalue weighted by molar-refractivity contribution is 8.00. The summed E-state index contributed by atoms with van der Waals surface area (Å²) in [6.45, 7) is 1.51. The zero-order chi connectivity index (χ0) is 13.5. The second-order valence-corrected chi connectivity index (χ2v) is 7.91. The number of sulfone groups is 1. The maximum Gasteiger partial charge on any atom is 0.323 e. The molecule has 0 saturated heterocycles. The van der Waals surface area contributed by atoms with Gasteiger partial charge in [-0.2, -0.15) is 11.8 Å². The summed E-state index contributed by atoms with van der Waals surface area (Å²) in [6.07, 6.45) is 3.26. The Hall–Kier alpha value is -0.270. The number of unbranched alkanes of at least 4 members (excludes halogenated alkanes) is 1. The van der Waals surface area contributed by atoms with Crippen LogP contribution in [0.3, 0.4) is 0 Å². The Bertz CT molecular complexity index is 338. The van der Waals surface area contributed by atoms with Gasteiger partial charge in [0.25, 0.3) is 0 Å². The summed E-state index contributed by atoms with van der Waals surface area (Å²) >= 11 is 1.57. The smallest absolute Gasteiger partial charge is 0.323 e. The van der Waals surface area contributed by atoms with E-state index in [4.69, 9.17) is 10.8 Å². The zero-order valence-electron chi connectivity index (χ0n) is 10.3. The lowest BCUT2D eigenvalue weighted by Gasteiger charge is -2.18. The monoisotopic (exact) mass is 283 g/mol. The minimum Gasteiger partial charge on any atom is -0.480 e. The lowest BCUT2D eigenvalue weighted by molar-refractivity contribution is -0.142. The molecule has 102 valence electrons. The molecule has 0 aromatic rings. The summed E-state index contributed by atoms with van der Waals surface area (Å²) in [5, 5.41) is 8.77. The van der Waals surface area contributed by atoms with Crippen LogP contribution in [-0.4, -0.2) is 48.5 Å². The first kappa shape index (κ1) is 16.7. The van der Waals surface area contributed by atoms with Crippen molar-refractivity contribution in [2.45, 2.75) is 31.7 Å². The largest absolute Gasteiger partial charge is 0.480 e. The molecule has 0 amide bonds. The van der Waals surface area contributed by atoms with Crippen molar-refractivity contribution < 1.29 is 18.3 Å². The molecule has 0 aliphatic heterocycles. The average molecular weight is 283 g/mol. The molecule has 0 fully saturated rings. The van der Waals surface area contributed by atoms with Crippen LogP contribution >= 0.6 is 11.8 Å². The molecule has 0 saturated carbocycles. The third-order valence-corrected chi connectivity index (χ3v) is 4.60. The fourth-order valence-corrected chi connectivity index (χ4v) is 3.41. The number of carboxylic acid groups (broad SMARTS) is 1. The van der Waals surface area contributed by atoms with E-state index in [1.165, 1.54) is 13.2 Å². The normalized spacial score (nSPS) is 15.5. The number of carboxylic acids is 1. The fraction of sp³-hybridized carbons (Fsp3) is 0.900. The lowest BCUT2D eigenvalue weighted by Crippen LogP contribution is -2.44. The van der Waals surface area contributed by atoms with Crippen LogP contribution < -0.4 is 5.73 Å². The number of thioether (sulfide) groups is 1. The topological polar surface area (TPSA) is 97.5 Å². The molecule has 17 heavy (non-hydrogen) atoms. The first-order valence-electron chi connectivity index (χ1n) is 5.43. The average Bonchev–Trinajstić information content (AvgIpc) is 2.14. The number of carbonyl (C=O) groups is 1. The molecule has 0 heterocycles. The van der Waals surface area contributed by atoms with Gasteiger partial charge in [0, 0.05) is 12.0 Å². The van der Waals surface area contributed by atoms with Gasteiger partial charge in [0.1, 0.15) is 15.4 Å². The van der Waals surface area contributed by atoms with Crippen molar-refractivity contribution in [2.75, 3.05) is 23.5 Å². The number of nitrogens with two attached hydrogens (primary N) is 1. The van der Waals surface area contributed by atoms with E-state index in [2.05, 4.69) is 0 Å². The van der Waals surface area contributed by atoms with Crippen molar-refractivity contribution >= 4 is 27.6 Å². The van der Waals surface area contributed by atoms with Gasteiger partial charge >= 0.3 is 5.97 Å². The zero-order valence-corrected chi connectivity index (χ0v) is 11.9. The summed E-state index contributed by atoms with van der Waals surface area (Å²) in [4.78, 5) is 10.7. The summed E-state index contributed by atoms with van der Waals surface area (Å²) in [5.41, 5.74) is 4.42. The Morgan fingerprint density at radius 2 is 1.94 bits per heavy atom. The molecule has 0 aromatic carbocycles. The van der Waals surface area contributed by atoms with Crippen molar-refractivity contribution in [3.63, 3.8) is 0 Å². The van der Waals surface area contributed by atoms with Gasteiger partial charge in [0.15, 0.2) is 0 Å². The van der Waals surface area contributed by atoms with Gasteiger partial charge in [-0.25, -0.2) is 8.42 Å². The van der Waals surface area contributed by atoms with Gasteiger partial charge in [-0.1, -0.05) is 6.42 Å². The van der Waals surface area contributed by atoms with Crippen LogP contribution in [-0.2, 0) is 14.6 Å². The Morgan fingerprint density at radius 3 is 2.41 bits per heavy atom. The summed E-state index contributed by atoms with van der Waals surface area (Å²) < 4.78 is 21.7. The molecule has 5 nitrogen and oxygen atoms in total. The van der Waals surface area contributed by atoms with Crippen LogP contribution in [0.2, 0.25) is 0 Å². The van der Waals surface area contributed by atoms with E-state index in [0.717, 1.165) is 18.6 Å². The van der Waals surface area contributed by atoms with Gasteiger partial charge in [0.2, 0.25) is 0 Å². The van der Waals surface area contributed by atoms with Gasteiger partial charge in [-0.15, -0.1) is 0 Å². The standard InChI is InChI=1S/C10H21NO4S2/c1-10(11,9(12)13)5-3-4-6-16-7-8-17(2,14)15/h3-8,11H2,1-2H3,(H,12,13). The molecule has 0 aliphatic rings. The van der Waals surface area contributed by atoms with Crippen molar-refractivity contribution in [1.82, 2.24) is 0 Å². The third kappa shape index (κ3) is 9.43. The van der Waals surface area contributed by atoms with Crippen molar-refractivity contribution in [3.8, 4) is 0 Å². The summed E-state index contributed by atoms with van der Waals surface area (Å²) in [5.74, 6) is 0.645. The fourth-order valence-electron chi connectivity index (χ4n) is 1.12. The van der Waals surface area contributed by atoms with Crippen molar-refractivity contribution in [2.24, 2.45) is 5.73 Å². The number of aliphatic carboxylic acids is 1. The van der Waals surface area contributed by atoms with E-state index in [1.54, 1.807) is 11.8 Å². The molecule has 0 spiro atoms. The first-order valence-corrected chi connectivity index (χ1v) is 8.64. The molecular formula is C10H21NO4S2. The van der Waals surface area contributed by atoms with Crippen LogP contribution in [0.5, 0.6) is 0 Å². The molecular weight excluding hydrogens is 262 g/mol. The molecule has 7 heteroatoms. The van der Waals surface area contributed by atoms with Crippen LogP contribution in [0.1, 0.15) is 26.2 Å². The predicted molar refractivity (Wildman–Crippen MR) is 71.1 cm³/mol. The third-order valence-electron chi connectivity index (χ3n) is 2.32. The predicted octanol–water partition coefficient (Wildman–Crippen LogP) is 0.737. The highest BCUT2D eigenvalue weighted by Crippen LogP contribution is 2.13. The van der Waals surface area contributed by atoms with Gasteiger partial charge in [-0.05, 0) is 25.5 Å². The van der Waals surface area contributed by atoms with E-state index in [1.807, 2.05) is 0 Å². The second kappa shape index (κ2) is 7.23. The quantitative estimate of drug-likeness (QED) is 0.606. The van der Waals surface area contributed by atoms with E-state index in [-0.39, 0.29) is 5.75 Å².